The fourth-order valence-corrected chi connectivity index (χ4v) is 5.15. The fraction of sp³-hybridized carbons (Fsp3) is 0.556. The normalized spacial score (nSPS) is 19.9. The Hall–Kier alpha value is -2.36. The second kappa shape index (κ2) is 8.64. The van der Waals surface area contributed by atoms with Crippen LogP contribution in [-0.4, -0.2) is 23.3 Å². The van der Waals surface area contributed by atoms with Crippen LogP contribution in [0.5, 0.6) is 0 Å². The quantitative estimate of drug-likeness (QED) is 0.592. The number of aromatic amines is 1. The van der Waals surface area contributed by atoms with Gasteiger partial charge in [0, 0.05) is 17.7 Å². The van der Waals surface area contributed by atoms with Crippen LogP contribution in [-0.2, 0) is 16.6 Å². The number of Topliss-reactive ketones (excluding diaryl/α,β-unsaturated/α-hetero) is 1. The largest absolute Gasteiger partial charge is 0.461 e. The zero-order chi connectivity index (χ0) is 22.2. The lowest BCUT2D eigenvalue weighted by Crippen LogP contribution is -2.19. The van der Waals surface area contributed by atoms with Crippen LogP contribution in [0, 0.1) is 12.8 Å². The Labute approximate surface area is 185 Å². The van der Waals surface area contributed by atoms with E-state index in [1.807, 2.05) is 6.92 Å². The fourth-order valence-electron chi connectivity index (χ4n) is 5.15. The summed E-state index contributed by atoms with van der Waals surface area (Å²) in [5, 5.41) is 0. The van der Waals surface area contributed by atoms with Gasteiger partial charge in [0.15, 0.2) is 5.78 Å². The Balaban J connectivity index is 1.49. The Kier molecular flexibility index (Phi) is 6.09. The second-order valence-corrected chi connectivity index (χ2v) is 10.5. The van der Waals surface area contributed by atoms with Crippen molar-refractivity contribution in [2.75, 3.05) is 6.61 Å². The standard InChI is InChI=1S/C27H35NO3/c1-17-24-22(28-25(17)26(30)31-16-18-8-6-5-7-9-18)14-20(15-23(24)29)19-10-12-21(13-11-19)27(2,3)4/h10-13,18,20,28H,5-9,14-16H2,1-4H3/t20-/m1/s1. The molecule has 0 saturated heterocycles. The highest BCUT2D eigenvalue weighted by atomic mass is 16.5. The molecule has 0 spiro atoms. The molecule has 0 amide bonds. The molecule has 2 aliphatic rings. The van der Waals surface area contributed by atoms with E-state index in [0.29, 0.717) is 30.2 Å². The molecular formula is C27H35NO3. The first-order chi connectivity index (χ1) is 14.7. The zero-order valence-electron chi connectivity index (χ0n) is 19.3. The second-order valence-electron chi connectivity index (χ2n) is 10.5. The molecule has 31 heavy (non-hydrogen) atoms. The first kappa shape index (κ1) is 21.9. The van der Waals surface area contributed by atoms with Gasteiger partial charge >= 0.3 is 5.97 Å². The molecule has 0 aliphatic heterocycles. The van der Waals surface area contributed by atoms with E-state index in [0.717, 1.165) is 30.5 Å². The summed E-state index contributed by atoms with van der Waals surface area (Å²) in [7, 11) is 0. The number of H-pyrrole nitrogens is 1. The number of fused-ring (bicyclic) bond motifs is 1. The summed E-state index contributed by atoms with van der Waals surface area (Å²) in [4.78, 5) is 29.0. The van der Waals surface area contributed by atoms with Crippen molar-refractivity contribution in [3.63, 3.8) is 0 Å². The number of carbonyl (C=O) groups excluding carboxylic acids is 2. The highest BCUT2D eigenvalue weighted by Crippen LogP contribution is 2.36. The number of hydrogen-bond donors (Lipinski definition) is 1. The number of carbonyl (C=O) groups is 2. The van der Waals surface area contributed by atoms with Gasteiger partial charge in [0.05, 0.1) is 6.61 Å². The molecule has 2 aromatic rings. The molecule has 2 aliphatic carbocycles. The summed E-state index contributed by atoms with van der Waals surface area (Å²) >= 11 is 0. The third kappa shape index (κ3) is 4.63. The van der Waals surface area contributed by atoms with E-state index in [1.54, 1.807) is 0 Å². The lowest BCUT2D eigenvalue weighted by Gasteiger charge is -2.24. The first-order valence-electron chi connectivity index (χ1n) is 11.8. The molecule has 1 aromatic carbocycles. The van der Waals surface area contributed by atoms with E-state index in [4.69, 9.17) is 4.74 Å². The molecule has 1 atom stereocenters. The van der Waals surface area contributed by atoms with Crippen LogP contribution in [0.3, 0.4) is 0 Å². The van der Waals surface area contributed by atoms with Crippen molar-refractivity contribution >= 4 is 11.8 Å². The Morgan fingerprint density at radius 2 is 1.74 bits per heavy atom. The van der Waals surface area contributed by atoms with E-state index in [1.165, 1.54) is 30.4 Å². The molecule has 0 radical (unpaired) electrons. The highest BCUT2D eigenvalue weighted by Gasteiger charge is 2.32. The van der Waals surface area contributed by atoms with Crippen LogP contribution in [0.2, 0.25) is 0 Å². The van der Waals surface area contributed by atoms with Crippen molar-refractivity contribution in [3.8, 4) is 0 Å². The number of nitrogens with one attached hydrogen (secondary N) is 1. The van der Waals surface area contributed by atoms with Crippen LogP contribution in [0.25, 0.3) is 0 Å². The minimum atomic E-state index is -0.323. The number of ether oxygens (including phenoxy) is 1. The molecule has 1 saturated carbocycles. The van der Waals surface area contributed by atoms with Gasteiger partial charge in [-0.3, -0.25) is 4.79 Å². The van der Waals surface area contributed by atoms with Gasteiger partial charge in [-0.05, 0) is 60.1 Å². The number of esters is 1. The summed E-state index contributed by atoms with van der Waals surface area (Å²) in [6, 6.07) is 8.64. The van der Waals surface area contributed by atoms with E-state index in [9.17, 15) is 9.59 Å². The van der Waals surface area contributed by atoms with Crippen molar-refractivity contribution < 1.29 is 14.3 Å². The molecule has 1 N–H and O–H groups in total. The van der Waals surface area contributed by atoms with Crippen molar-refractivity contribution in [2.45, 2.75) is 84.0 Å². The first-order valence-corrected chi connectivity index (χ1v) is 11.8. The van der Waals surface area contributed by atoms with Crippen LogP contribution in [0.15, 0.2) is 24.3 Å². The van der Waals surface area contributed by atoms with E-state index < -0.39 is 0 Å². The van der Waals surface area contributed by atoms with Crippen LogP contribution >= 0.6 is 0 Å². The van der Waals surface area contributed by atoms with Crippen LogP contribution in [0.1, 0.15) is 108 Å². The number of benzene rings is 1. The Morgan fingerprint density at radius 1 is 1.06 bits per heavy atom. The zero-order valence-corrected chi connectivity index (χ0v) is 19.3. The van der Waals surface area contributed by atoms with Gasteiger partial charge in [-0.1, -0.05) is 64.3 Å². The van der Waals surface area contributed by atoms with Gasteiger partial charge in [0.25, 0.3) is 0 Å². The van der Waals surface area contributed by atoms with Gasteiger partial charge in [-0.25, -0.2) is 4.79 Å². The van der Waals surface area contributed by atoms with Crippen molar-refractivity contribution in [1.82, 2.24) is 4.98 Å². The monoisotopic (exact) mass is 421 g/mol. The van der Waals surface area contributed by atoms with Crippen molar-refractivity contribution in [1.29, 1.82) is 0 Å². The SMILES string of the molecule is Cc1c(C(=O)OCC2CCCCC2)[nH]c2c1C(=O)C[C@H](c1ccc(C(C)(C)C)cc1)C2. The van der Waals surface area contributed by atoms with Crippen LogP contribution in [0.4, 0.5) is 0 Å². The Bertz CT molecular complexity index is 956. The maximum absolute atomic E-state index is 13.0. The molecule has 4 nitrogen and oxygen atoms in total. The van der Waals surface area contributed by atoms with Gasteiger partial charge in [0.2, 0.25) is 0 Å². The summed E-state index contributed by atoms with van der Waals surface area (Å²) in [5.41, 5.74) is 5.36. The maximum Gasteiger partial charge on any atom is 0.355 e. The average Bonchev–Trinajstić information content (AvgIpc) is 3.09. The number of rotatable bonds is 4. The molecule has 0 bridgehead atoms. The topological polar surface area (TPSA) is 59.2 Å². The lowest BCUT2D eigenvalue weighted by atomic mass is 9.80. The van der Waals surface area contributed by atoms with Crippen LogP contribution < -0.4 is 0 Å². The highest BCUT2D eigenvalue weighted by molar-refractivity contribution is 6.03. The van der Waals surface area contributed by atoms with E-state index in [-0.39, 0.29) is 23.1 Å². The van der Waals surface area contributed by atoms with Gasteiger partial charge in [-0.2, -0.15) is 0 Å². The third-order valence-electron chi connectivity index (χ3n) is 7.12. The molecule has 1 fully saturated rings. The third-order valence-corrected chi connectivity index (χ3v) is 7.12. The van der Waals surface area contributed by atoms with Gasteiger partial charge < -0.3 is 9.72 Å². The number of hydrogen-bond acceptors (Lipinski definition) is 3. The number of aromatic nitrogens is 1. The van der Waals surface area contributed by atoms with Gasteiger partial charge in [0.1, 0.15) is 5.69 Å². The average molecular weight is 422 g/mol. The van der Waals surface area contributed by atoms with E-state index >= 15 is 0 Å². The molecular weight excluding hydrogens is 386 g/mol. The Morgan fingerprint density at radius 3 is 2.39 bits per heavy atom. The number of ketones is 1. The molecule has 1 heterocycles. The minimum Gasteiger partial charge on any atom is -0.461 e. The summed E-state index contributed by atoms with van der Waals surface area (Å²) in [5.74, 6) is 0.408. The smallest absolute Gasteiger partial charge is 0.355 e. The van der Waals surface area contributed by atoms with Crippen molar-refractivity contribution in [2.24, 2.45) is 5.92 Å². The predicted molar refractivity (Wildman–Crippen MR) is 123 cm³/mol. The molecule has 4 rings (SSSR count). The summed E-state index contributed by atoms with van der Waals surface area (Å²) in [6.07, 6.45) is 7.25. The predicted octanol–water partition coefficient (Wildman–Crippen LogP) is 6.27. The van der Waals surface area contributed by atoms with Gasteiger partial charge in [-0.15, -0.1) is 0 Å². The lowest BCUT2D eigenvalue weighted by molar-refractivity contribution is 0.0403. The molecule has 1 aromatic heterocycles. The maximum atomic E-state index is 13.0. The molecule has 4 heteroatoms. The minimum absolute atomic E-state index is 0.109. The summed E-state index contributed by atoms with van der Waals surface area (Å²) < 4.78 is 5.64. The van der Waals surface area contributed by atoms with Crippen molar-refractivity contribution in [3.05, 3.63) is 57.9 Å². The molecule has 166 valence electrons. The summed E-state index contributed by atoms with van der Waals surface area (Å²) in [6.45, 7) is 8.96. The molecule has 0 unspecified atom stereocenters. The van der Waals surface area contributed by atoms with E-state index in [2.05, 4.69) is 50.0 Å².